The monoisotopic (exact) mass is 160 g/mol. The van der Waals surface area contributed by atoms with Gasteiger partial charge in [0, 0.05) is 12.4 Å². The summed E-state index contributed by atoms with van der Waals surface area (Å²) < 4.78 is 7.16. The molecule has 3 nitrogen and oxygen atoms in total. The number of ether oxygens (including phenoxy) is 1. The average molecular weight is 160 g/mol. The van der Waals surface area contributed by atoms with E-state index < -0.39 is 0 Å². The van der Waals surface area contributed by atoms with Crippen LogP contribution in [0.1, 0.15) is 11.8 Å². The van der Waals surface area contributed by atoms with Crippen molar-refractivity contribution in [2.45, 2.75) is 6.10 Å². The molecule has 0 unspecified atom stereocenters. The van der Waals surface area contributed by atoms with E-state index in [9.17, 15) is 0 Å². The summed E-state index contributed by atoms with van der Waals surface area (Å²) in [6.45, 7) is 0.823. The molecule has 0 aliphatic carbocycles. The highest BCUT2D eigenvalue weighted by Gasteiger charge is 2.27. The van der Waals surface area contributed by atoms with Crippen molar-refractivity contribution in [3.8, 4) is 0 Å². The van der Waals surface area contributed by atoms with E-state index in [1.54, 1.807) is 0 Å². The zero-order valence-electron chi connectivity index (χ0n) is 6.47. The maximum atomic E-state index is 5.15. The second-order valence-corrected chi connectivity index (χ2v) is 2.95. The van der Waals surface area contributed by atoms with Gasteiger partial charge < -0.3 is 9.14 Å². The van der Waals surface area contributed by atoms with Crippen LogP contribution in [0, 0.1) is 0 Å². The summed E-state index contributed by atoms with van der Waals surface area (Å²) in [6.07, 6.45) is 4.27. The van der Waals surface area contributed by atoms with Crippen LogP contribution in [0.4, 0.5) is 0 Å². The zero-order chi connectivity index (χ0) is 7.97. The number of epoxide rings is 1. The number of aromatic nitrogens is 2. The van der Waals surface area contributed by atoms with E-state index in [4.69, 9.17) is 4.74 Å². The maximum absolute atomic E-state index is 5.15. The molecule has 1 fully saturated rings. The maximum Gasteiger partial charge on any atom is 0.137 e. The van der Waals surface area contributed by atoms with Crippen LogP contribution in [-0.2, 0) is 4.74 Å². The number of imidazole rings is 1. The second-order valence-electron chi connectivity index (χ2n) is 2.95. The SMILES string of the molecule is c1ccn2cc([C@@H]3CO3)nc2c1. The van der Waals surface area contributed by atoms with E-state index in [0.29, 0.717) is 0 Å². The fourth-order valence-corrected chi connectivity index (χ4v) is 1.33. The molecule has 3 heteroatoms. The standard InChI is InChI=1S/C9H8N2O/c1-2-4-11-5-7(8-6-12-8)10-9(11)3-1/h1-5,8H,6H2/t8-/m0/s1. The zero-order valence-corrected chi connectivity index (χ0v) is 6.47. The lowest BCUT2D eigenvalue weighted by molar-refractivity contribution is 0.412. The Morgan fingerprint density at radius 1 is 1.50 bits per heavy atom. The quantitative estimate of drug-likeness (QED) is 0.590. The topological polar surface area (TPSA) is 29.8 Å². The molecule has 0 amide bonds. The Morgan fingerprint density at radius 2 is 2.42 bits per heavy atom. The molecule has 0 spiro atoms. The number of rotatable bonds is 1. The van der Waals surface area contributed by atoms with Gasteiger partial charge >= 0.3 is 0 Å². The Morgan fingerprint density at radius 3 is 3.17 bits per heavy atom. The van der Waals surface area contributed by atoms with Gasteiger partial charge in [0.15, 0.2) is 0 Å². The van der Waals surface area contributed by atoms with Crippen molar-refractivity contribution in [2.24, 2.45) is 0 Å². The van der Waals surface area contributed by atoms with Crippen LogP contribution in [0.5, 0.6) is 0 Å². The van der Waals surface area contributed by atoms with Crippen molar-refractivity contribution >= 4 is 5.65 Å². The van der Waals surface area contributed by atoms with Gasteiger partial charge in [-0.3, -0.25) is 0 Å². The summed E-state index contributed by atoms with van der Waals surface area (Å²) >= 11 is 0. The number of fused-ring (bicyclic) bond motifs is 1. The van der Waals surface area contributed by atoms with Gasteiger partial charge in [-0.15, -0.1) is 0 Å². The highest BCUT2D eigenvalue weighted by molar-refractivity contribution is 5.40. The molecule has 0 N–H and O–H groups in total. The molecular formula is C9H8N2O. The van der Waals surface area contributed by atoms with Crippen molar-refractivity contribution < 1.29 is 4.74 Å². The van der Waals surface area contributed by atoms with Crippen LogP contribution >= 0.6 is 0 Å². The molecule has 2 aromatic rings. The van der Waals surface area contributed by atoms with Gasteiger partial charge in [0.25, 0.3) is 0 Å². The molecule has 0 bridgehead atoms. The third-order valence-corrected chi connectivity index (χ3v) is 2.05. The molecule has 1 aliphatic rings. The molecule has 2 aromatic heterocycles. The van der Waals surface area contributed by atoms with Gasteiger partial charge in [0.1, 0.15) is 11.8 Å². The van der Waals surface area contributed by atoms with E-state index in [0.717, 1.165) is 17.9 Å². The smallest absolute Gasteiger partial charge is 0.137 e. The van der Waals surface area contributed by atoms with Gasteiger partial charge in [-0.25, -0.2) is 4.98 Å². The van der Waals surface area contributed by atoms with E-state index in [2.05, 4.69) is 4.98 Å². The predicted octanol–water partition coefficient (Wildman–Crippen LogP) is 1.41. The largest absolute Gasteiger partial charge is 0.366 e. The number of hydrogen-bond acceptors (Lipinski definition) is 2. The Kier molecular flexibility index (Phi) is 1.07. The van der Waals surface area contributed by atoms with Gasteiger partial charge in [0.05, 0.1) is 12.3 Å². The molecule has 1 aliphatic heterocycles. The molecule has 12 heavy (non-hydrogen) atoms. The van der Waals surface area contributed by atoms with Crippen LogP contribution in [0.2, 0.25) is 0 Å². The number of nitrogens with zero attached hydrogens (tertiary/aromatic N) is 2. The van der Waals surface area contributed by atoms with E-state index in [-0.39, 0.29) is 6.10 Å². The second kappa shape index (κ2) is 2.08. The molecule has 0 radical (unpaired) electrons. The first-order valence-electron chi connectivity index (χ1n) is 3.99. The van der Waals surface area contributed by atoms with E-state index in [1.807, 2.05) is 35.0 Å². The minimum absolute atomic E-state index is 0.255. The lowest BCUT2D eigenvalue weighted by Crippen LogP contribution is -1.77. The van der Waals surface area contributed by atoms with Crippen molar-refractivity contribution in [3.63, 3.8) is 0 Å². The summed E-state index contributed by atoms with van der Waals surface area (Å²) in [5.74, 6) is 0. The van der Waals surface area contributed by atoms with Gasteiger partial charge in [0.2, 0.25) is 0 Å². The van der Waals surface area contributed by atoms with Gasteiger partial charge in [-0.1, -0.05) is 6.07 Å². The fourth-order valence-electron chi connectivity index (χ4n) is 1.33. The predicted molar refractivity (Wildman–Crippen MR) is 43.9 cm³/mol. The normalized spacial score (nSPS) is 21.5. The van der Waals surface area contributed by atoms with Crippen LogP contribution in [0.15, 0.2) is 30.6 Å². The molecule has 1 atom stereocenters. The van der Waals surface area contributed by atoms with E-state index >= 15 is 0 Å². The summed E-state index contributed by atoms with van der Waals surface area (Å²) in [4.78, 5) is 4.41. The van der Waals surface area contributed by atoms with Crippen molar-refractivity contribution in [3.05, 3.63) is 36.3 Å². The Hall–Kier alpha value is -1.35. The Labute approximate surface area is 69.6 Å². The minimum atomic E-state index is 0.255. The fraction of sp³-hybridized carbons (Fsp3) is 0.222. The first-order chi connectivity index (χ1) is 5.93. The number of pyridine rings is 1. The van der Waals surface area contributed by atoms with Gasteiger partial charge in [-0.05, 0) is 12.1 Å². The molecule has 3 heterocycles. The summed E-state index contributed by atoms with van der Waals surface area (Å²) in [6, 6.07) is 5.97. The third-order valence-electron chi connectivity index (χ3n) is 2.05. The van der Waals surface area contributed by atoms with Crippen molar-refractivity contribution in [1.29, 1.82) is 0 Å². The van der Waals surface area contributed by atoms with Crippen molar-refractivity contribution in [2.75, 3.05) is 6.61 Å². The molecule has 0 aromatic carbocycles. The Bertz CT molecular complexity index is 384. The van der Waals surface area contributed by atoms with Crippen LogP contribution in [0.25, 0.3) is 5.65 Å². The summed E-state index contributed by atoms with van der Waals surface area (Å²) in [7, 11) is 0. The first kappa shape index (κ1) is 6.20. The molecule has 1 saturated heterocycles. The van der Waals surface area contributed by atoms with Crippen LogP contribution in [-0.4, -0.2) is 16.0 Å². The summed E-state index contributed by atoms with van der Waals surface area (Å²) in [5.41, 5.74) is 2.03. The lowest BCUT2D eigenvalue weighted by Gasteiger charge is -1.86. The minimum Gasteiger partial charge on any atom is -0.366 e. The molecule has 0 saturated carbocycles. The molecule has 3 rings (SSSR count). The lowest BCUT2D eigenvalue weighted by atomic mass is 10.4. The summed E-state index contributed by atoms with van der Waals surface area (Å²) in [5, 5.41) is 0. The Balaban J connectivity index is 2.23. The van der Waals surface area contributed by atoms with Crippen LogP contribution in [0.3, 0.4) is 0 Å². The van der Waals surface area contributed by atoms with Crippen LogP contribution < -0.4 is 0 Å². The first-order valence-corrected chi connectivity index (χ1v) is 3.99. The van der Waals surface area contributed by atoms with Crippen molar-refractivity contribution in [1.82, 2.24) is 9.38 Å². The third kappa shape index (κ3) is 0.833. The molecular weight excluding hydrogens is 152 g/mol. The highest BCUT2D eigenvalue weighted by atomic mass is 16.6. The highest BCUT2D eigenvalue weighted by Crippen LogP contribution is 2.28. The van der Waals surface area contributed by atoms with Gasteiger partial charge in [-0.2, -0.15) is 0 Å². The average Bonchev–Trinajstić information content (AvgIpc) is 2.85. The van der Waals surface area contributed by atoms with E-state index in [1.165, 1.54) is 0 Å². The number of hydrogen-bond donors (Lipinski definition) is 0. The molecule has 60 valence electrons.